The molecule has 2 aliphatic carbocycles. The largest absolute Gasteiger partial charge is 0.324 e. The molecule has 29 heavy (non-hydrogen) atoms. The van der Waals surface area contributed by atoms with Gasteiger partial charge in [0.05, 0.1) is 11.8 Å². The van der Waals surface area contributed by atoms with Crippen LogP contribution in [0.25, 0.3) is 0 Å². The second kappa shape index (κ2) is 7.80. The fourth-order valence-corrected chi connectivity index (χ4v) is 7.26. The van der Waals surface area contributed by atoms with Gasteiger partial charge < -0.3 is 5.32 Å². The van der Waals surface area contributed by atoms with Crippen molar-refractivity contribution in [3.05, 3.63) is 29.8 Å². The first kappa shape index (κ1) is 21.0. The van der Waals surface area contributed by atoms with E-state index in [1.54, 1.807) is 0 Å². The summed E-state index contributed by atoms with van der Waals surface area (Å²) in [5, 5.41) is 2.95. The summed E-state index contributed by atoms with van der Waals surface area (Å²) in [4.78, 5) is 41.7. The fourth-order valence-electron chi connectivity index (χ4n) is 5.38. The average molecular weight is 526 g/mol. The summed E-state index contributed by atoms with van der Waals surface area (Å²) in [6.07, 6.45) is 1.34. The number of para-hydroxylation sites is 1. The highest BCUT2D eigenvalue weighted by Gasteiger charge is 2.67. The number of rotatable bonds is 5. The van der Waals surface area contributed by atoms with Crippen molar-refractivity contribution in [2.24, 2.45) is 29.6 Å². The Hall–Kier alpha value is -1.21. The monoisotopic (exact) mass is 524 g/mol. The van der Waals surface area contributed by atoms with Crippen molar-refractivity contribution in [2.45, 2.75) is 49.3 Å². The van der Waals surface area contributed by atoms with Crippen molar-refractivity contribution < 1.29 is 14.4 Å². The SMILES string of the molecule is Cc1ccccc1NC(=O)[C@H](CC(C)C)N1C(=O)[C@@H]2[C@H]3C[C@@H]([C@H](Br)[C@H]3Br)[C@H]2C1=O. The molecule has 2 saturated carbocycles. The highest BCUT2D eigenvalue weighted by atomic mass is 79.9. The van der Waals surface area contributed by atoms with Crippen molar-refractivity contribution in [1.29, 1.82) is 0 Å². The molecule has 3 aliphatic rings. The fraction of sp³-hybridized carbons (Fsp3) is 0.591. The standard InChI is InChI=1S/C22H26Br2N2O3/c1-10(2)8-15(20(27)25-14-7-5-4-6-11(14)3)26-21(28)16-12-9-13(17(16)22(26)29)19(24)18(12)23/h4-7,10,12-13,15-19H,8-9H2,1-3H3,(H,25,27)/t12-,13-,15+,16-,17-,18+,19+/m1/s1. The number of benzene rings is 1. The number of nitrogens with one attached hydrogen (secondary N) is 1. The van der Waals surface area contributed by atoms with Crippen LogP contribution in [0, 0.1) is 36.5 Å². The Kier molecular flexibility index (Phi) is 5.66. The predicted molar refractivity (Wildman–Crippen MR) is 119 cm³/mol. The number of halogens is 2. The summed E-state index contributed by atoms with van der Waals surface area (Å²) in [5.41, 5.74) is 1.66. The van der Waals surface area contributed by atoms with Crippen molar-refractivity contribution in [1.82, 2.24) is 4.90 Å². The third-order valence-electron chi connectivity index (χ3n) is 6.73. The van der Waals surface area contributed by atoms with Gasteiger partial charge in [0.1, 0.15) is 6.04 Å². The van der Waals surface area contributed by atoms with Gasteiger partial charge in [-0.2, -0.15) is 0 Å². The molecule has 7 heteroatoms. The number of alkyl halides is 2. The number of hydrogen-bond donors (Lipinski definition) is 1. The molecular formula is C22H26Br2N2O3. The van der Waals surface area contributed by atoms with E-state index in [2.05, 4.69) is 37.2 Å². The quantitative estimate of drug-likeness (QED) is 0.464. The molecule has 1 aromatic rings. The highest BCUT2D eigenvalue weighted by molar-refractivity contribution is 9.12. The molecule has 156 valence electrons. The van der Waals surface area contributed by atoms with E-state index in [0.29, 0.717) is 12.1 Å². The van der Waals surface area contributed by atoms with Crippen molar-refractivity contribution in [3.8, 4) is 0 Å². The normalized spacial score (nSPS) is 34.1. The van der Waals surface area contributed by atoms with Gasteiger partial charge in [-0.3, -0.25) is 19.3 Å². The Morgan fingerprint density at radius 2 is 1.66 bits per heavy atom. The summed E-state index contributed by atoms with van der Waals surface area (Å²) in [7, 11) is 0. The molecule has 7 atom stereocenters. The van der Waals surface area contributed by atoms with Crippen LogP contribution >= 0.6 is 31.9 Å². The summed E-state index contributed by atoms with van der Waals surface area (Å²) in [6, 6.07) is 6.76. The van der Waals surface area contributed by atoms with Crippen LogP contribution in [-0.4, -0.2) is 38.3 Å². The number of carbonyl (C=O) groups is 3. The van der Waals surface area contributed by atoms with Crippen molar-refractivity contribution in [3.63, 3.8) is 0 Å². The zero-order chi connectivity index (χ0) is 21.0. The minimum Gasteiger partial charge on any atom is -0.324 e. The minimum absolute atomic E-state index is 0.148. The van der Waals surface area contributed by atoms with Crippen LogP contribution in [0.1, 0.15) is 32.3 Å². The maximum Gasteiger partial charge on any atom is 0.247 e. The zero-order valence-corrected chi connectivity index (χ0v) is 19.9. The molecule has 1 aliphatic heterocycles. The number of hydrogen-bond acceptors (Lipinski definition) is 3. The lowest BCUT2D eigenvalue weighted by molar-refractivity contribution is -0.147. The van der Waals surface area contributed by atoms with Crippen LogP contribution in [-0.2, 0) is 14.4 Å². The minimum atomic E-state index is -0.776. The average Bonchev–Trinajstić information content (AvgIpc) is 3.27. The van der Waals surface area contributed by atoms with Gasteiger partial charge >= 0.3 is 0 Å². The Morgan fingerprint density at radius 1 is 1.10 bits per heavy atom. The number of imide groups is 1. The number of fused-ring (bicyclic) bond motifs is 5. The highest BCUT2D eigenvalue weighted by Crippen LogP contribution is 2.60. The molecule has 0 unspecified atom stereocenters. The topological polar surface area (TPSA) is 66.5 Å². The van der Waals surface area contributed by atoms with Crippen LogP contribution < -0.4 is 5.32 Å². The third-order valence-corrected chi connectivity index (χ3v) is 9.94. The number of likely N-dealkylation sites (tertiary alicyclic amines) is 1. The van der Waals surface area contributed by atoms with Gasteiger partial charge in [0.2, 0.25) is 17.7 Å². The Morgan fingerprint density at radius 3 is 2.17 bits per heavy atom. The number of carbonyl (C=O) groups excluding carboxylic acids is 3. The summed E-state index contributed by atoms with van der Waals surface area (Å²) in [6.45, 7) is 5.94. The van der Waals surface area contributed by atoms with Gasteiger partial charge in [0, 0.05) is 15.3 Å². The molecule has 0 radical (unpaired) electrons. The molecule has 0 spiro atoms. The smallest absolute Gasteiger partial charge is 0.247 e. The Labute approximate surface area is 188 Å². The molecule has 5 nitrogen and oxygen atoms in total. The van der Waals surface area contributed by atoms with E-state index in [-0.39, 0.29) is 57.0 Å². The first-order valence-electron chi connectivity index (χ1n) is 10.2. The Bertz CT molecular complexity index is 826. The first-order valence-corrected chi connectivity index (χ1v) is 12.1. The predicted octanol–water partition coefficient (Wildman–Crippen LogP) is 4.13. The van der Waals surface area contributed by atoms with Crippen LogP contribution in [0.4, 0.5) is 5.69 Å². The molecule has 1 aromatic carbocycles. The van der Waals surface area contributed by atoms with Crippen molar-refractivity contribution >= 4 is 55.3 Å². The molecular weight excluding hydrogens is 500 g/mol. The van der Waals surface area contributed by atoms with Crippen LogP contribution in [0.3, 0.4) is 0 Å². The van der Waals surface area contributed by atoms with Gasteiger partial charge in [0.25, 0.3) is 0 Å². The lowest BCUT2D eigenvalue weighted by Gasteiger charge is -2.28. The molecule has 1 saturated heterocycles. The van der Waals surface area contributed by atoms with Gasteiger partial charge in [-0.1, -0.05) is 63.9 Å². The molecule has 3 amide bonds. The molecule has 2 bridgehead atoms. The van der Waals surface area contributed by atoms with Gasteiger partial charge in [-0.15, -0.1) is 0 Å². The molecule has 3 fully saturated rings. The summed E-state index contributed by atoms with van der Waals surface area (Å²) in [5.74, 6) is -0.743. The van der Waals surface area contributed by atoms with Gasteiger partial charge in [-0.25, -0.2) is 0 Å². The molecule has 1 N–H and O–H groups in total. The van der Waals surface area contributed by atoms with Crippen LogP contribution in [0.2, 0.25) is 0 Å². The second-order valence-corrected chi connectivity index (χ2v) is 11.1. The molecule has 1 heterocycles. The number of aryl methyl sites for hydroxylation is 1. The van der Waals surface area contributed by atoms with E-state index in [4.69, 9.17) is 0 Å². The van der Waals surface area contributed by atoms with Crippen LogP contribution in [0.5, 0.6) is 0 Å². The molecule has 4 rings (SSSR count). The van der Waals surface area contributed by atoms with E-state index >= 15 is 0 Å². The maximum absolute atomic E-state index is 13.4. The number of nitrogens with zero attached hydrogens (tertiary/aromatic N) is 1. The Balaban J connectivity index is 1.62. The van der Waals surface area contributed by atoms with E-state index < -0.39 is 6.04 Å². The first-order chi connectivity index (χ1) is 13.7. The lowest BCUT2D eigenvalue weighted by atomic mass is 9.81. The maximum atomic E-state index is 13.4. The van der Waals surface area contributed by atoms with Gasteiger partial charge in [0.15, 0.2) is 0 Å². The third kappa shape index (κ3) is 3.38. The second-order valence-electron chi connectivity index (χ2n) is 9.00. The summed E-state index contributed by atoms with van der Waals surface area (Å²) < 4.78 is 0. The van der Waals surface area contributed by atoms with Crippen LogP contribution in [0.15, 0.2) is 24.3 Å². The summed E-state index contributed by atoms with van der Waals surface area (Å²) >= 11 is 7.43. The number of amides is 3. The van der Waals surface area contributed by atoms with E-state index in [0.717, 1.165) is 12.0 Å². The molecule has 0 aromatic heterocycles. The van der Waals surface area contributed by atoms with Crippen molar-refractivity contribution in [2.75, 3.05) is 5.32 Å². The van der Waals surface area contributed by atoms with Gasteiger partial charge in [-0.05, 0) is 49.1 Å². The van der Waals surface area contributed by atoms with E-state index in [9.17, 15) is 14.4 Å². The lowest BCUT2D eigenvalue weighted by Crippen LogP contribution is -2.49. The zero-order valence-electron chi connectivity index (χ0n) is 16.8. The number of anilines is 1. The van der Waals surface area contributed by atoms with E-state index in [1.807, 2.05) is 45.0 Å². The van der Waals surface area contributed by atoms with E-state index in [1.165, 1.54) is 4.90 Å².